The number of hydrogen-bond donors (Lipinski definition) is 3. The molecule has 140 valence electrons. The normalized spacial score (nSPS) is 13.4. The van der Waals surface area contributed by atoms with Crippen molar-refractivity contribution in [2.45, 2.75) is 40.3 Å². The number of H-pyrrole nitrogens is 1. The molecule has 2 aromatic rings. The van der Waals surface area contributed by atoms with Crippen molar-refractivity contribution in [3.63, 3.8) is 0 Å². The Bertz CT molecular complexity index is 642. The second kappa shape index (κ2) is 10.0. The van der Waals surface area contributed by atoms with Crippen LogP contribution in [0, 0.1) is 5.41 Å². The van der Waals surface area contributed by atoms with Gasteiger partial charge in [-0.1, -0.05) is 39.0 Å². The summed E-state index contributed by atoms with van der Waals surface area (Å²) in [5.41, 5.74) is 2.33. The fraction of sp³-hybridized carbons (Fsp3) is 0.526. The maximum Gasteiger partial charge on any atom is 0.191 e. The number of aliphatic imine (C=N–C) groups is 1. The Hall–Kier alpha value is -1.28. The lowest BCUT2D eigenvalue weighted by atomic mass is 9.89. The SMILES string of the molecule is CCNC(=NCc1cc2ccccc2[nH]1)NCC(OC)C(C)(C)C.I. The summed E-state index contributed by atoms with van der Waals surface area (Å²) in [6.45, 7) is 10.8. The van der Waals surface area contributed by atoms with E-state index in [-0.39, 0.29) is 35.5 Å². The zero-order valence-corrected chi connectivity index (χ0v) is 18.2. The van der Waals surface area contributed by atoms with Crippen LogP contribution in [0.1, 0.15) is 33.4 Å². The topological polar surface area (TPSA) is 61.4 Å². The highest BCUT2D eigenvalue weighted by atomic mass is 127. The van der Waals surface area contributed by atoms with Crippen molar-refractivity contribution in [1.29, 1.82) is 0 Å². The molecule has 1 heterocycles. The van der Waals surface area contributed by atoms with Crippen LogP contribution in [0.15, 0.2) is 35.3 Å². The van der Waals surface area contributed by atoms with E-state index in [0.29, 0.717) is 6.54 Å². The number of guanidine groups is 1. The molecule has 0 aliphatic rings. The molecular weight excluding hydrogens is 427 g/mol. The molecule has 0 aliphatic carbocycles. The predicted octanol–water partition coefficient (Wildman–Crippen LogP) is 3.90. The standard InChI is InChI=1S/C19H30N4O.HI/c1-6-20-18(22-13-17(24-5)19(2,3)4)21-12-15-11-14-9-7-8-10-16(14)23-15;/h7-11,17,23H,6,12-13H2,1-5H3,(H2,20,21,22);1H. The number of ether oxygens (including phenoxy) is 1. The van der Waals surface area contributed by atoms with Crippen molar-refractivity contribution in [1.82, 2.24) is 15.6 Å². The molecule has 0 bridgehead atoms. The summed E-state index contributed by atoms with van der Waals surface area (Å²) < 4.78 is 5.59. The minimum Gasteiger partial charge on any atom is -0.379 e. The lowest BCUT2D eigenvalue weighted by Gasteiger charge is -2.30. The molecule has 3 N–H and O–H groups in total. The number of para-hydroxylation sites is 1. The van der Waals surface area contributed by atoms with E-state index in [1.165, 1.54) is 5.39 Å². The van der Waals surface area contributed by atoms with Crippen molar-refractivity contribution in [2.24, 2.45) is 10.4 Å². The van der Waals surface area contributed by atoms with E-state index >= 15 is 0 Å². The molecule has 6 heteroatoms. The van der Waals surface area contributed by atoms with Crippen LogP contribution in [0.5, 0.6) is 0 Å². The molecule has 2 rings (SSSR count). The molecule has 1 aromatic heterocycles. The van der Waals surface area contributed by atoms with Crippen LogP contribution < -0.4 is 10.6 Å². The lowest BCUT2D eigenvalue weighted by molar-refractivity contribution is 0.0205. The van der Waals surface area contributed by atoms with Gasteiger partial charge in [0.25, 0.3) is 0 Å². The fourth-order valence-electron chi connectivity index (χ4n) is 2.66. The average Bonchev–Trinajstić information content (AvgIpc) is 2.94. The van der Waals surface area contributed by atoms with Crippen LogP contribution in [0.25, 0.3) is 10.9 Å². The maximum absolute atomic E-state index is 5.59. The van der Waals surface area contributed by atoms with Crippen LogP contribution >= 0.6 is 24.0 Å². The highest BCUT2D eigenvalue weighted by molar-refractivity contribution is 14.0. The first-order chi connectivity index (χ1) is 11.4. The van der Waals surface area contributed by atoms with Crippen molar-refractivity contribution in [3.05, 3.63) is 36.0 Å². The summed E-state index contributed by atoms with van der Waals surface area (Å²) in [5.74, 6) is 0.808. The molecule has 25 heavy (non-hydrogen) atoms. The van der Waals surface area contributed by atoms with E-state index in [1.807, 2.05) is 12.1 Å². The van der Waals surface area contributed by atoms with Gasteiger partial charge in [0.2, 0.25) is 0 Å². The molecular formula is C19H31IN4O. The second-order valence-corrected chi connectivity index (χ2v) is 7.05. The van der Waals surface area contributed by atoms with Crippen molar-refractivity contribution < 1.29 is 4.74 Å². The van der Waals surface area contributed by atoms with Gasteiger partial charge in [0, 0.05) is 31.4 Å². The van der Waals surface area contributed by atoms with Gasteiger partial charge in [0.1, 0.15) is 0 Å². The first-order valence-electron chi connectivity index (χ1n) is 8.55. The summed E-state index contributed by atoms with van der Waals surface area (Å²) in [4.78, 5) is 8.08. The van der Waals surface area contributed by atoms with Gasteiger partial charge < -0.3 is 20.4 Å². The van der Waals surface area contributed by atoms with Gasteiger partial charge in [-0.25, -0.2) is 4.99 Å². The molecule has 0 saturated carbocycles. The Labute approximate surface area is 168 Å². The number of hydrogen-bond acceptors (Lipinski definition) is 2. The molecule has 5 nitrogen and oxygen atoms in total. The smallest absolute Gasteiger partial charge is 0.191 e. The monoisotopic (exact) mass is 458 g/mol. The summed E-state index contributed by atoms with van der Waals surface area (Å²) >= 11 is 0. The van der Waals surface area contributed by atoms with Crippen LogP contribution in [-0.4, -0.2) is 37.2 Å². The third-order valence-corrected chi connectivity index (χ3v) is 4.04. The minimum atomic E-state index is 0. The van der Waals surface area contributed by atoms with Gasteiger partial charge in [-0.3, -0.25) is 0 Å². The molecule has 0 aliphatic heterocycles. The van der Waals surface area contributed by atoms with Crippen LogP contribution in [0.2, 0.25) is 0 Å². The molecule has 0 spiro atoms. The Morgan fingerprint density at radius 3 is 2.56 bits per heavy atom. The van der Waals surface area contributed by atoms with Gasteiger partial charge >= 0.3 is 0 Å². The number of aromatic nitrogens is 1. The average molecular weight is 458 g/mol. The molecule has 0 saturated heterocycles. The third kappa shape index (κ3) is 6.51. The second-order valence-electron chi connectivity index (χ2n) is 7.05. The predicted molar refractivity (Wildman–Crippen MR) is 117 cm³/mol. The van der Waals surface area contributed by atoms with Crippen molar-refractivity contribution >= 4 is 40.8 Å². The van der Waals surface area contributed by atoms with Crippen LogP contribution in [0.4, 0.5) is 0 Å². The number of aromatic amines is 1. The summed E-state index contributed by atoms with van der Waals surface area (Å²) in [6.07, 6.45) is 0.120. The van der Waals surface area contributed by atoms with Gasteiger partial charge in [0.15, 0.2) is 5.96 Å². The zero-order chi connectivity index (χ0) is 17.6. The lowest BCUT2D eigenvalue weighted by Crippen LogP contribution is -2.45. The number of nitrogens with one attached hydrogen (secondary N) is 3. The van der Waals surface area contributed by atoms with Gasteiger partial charge in [0.05, 0.1) is 12.6 Å². The van der Waals surface area contributed by atoms with Gasteiger partial charge in [-0.2, -0.15) is 0 Å². The first-order valence-corrected chi connectivity index (χ1v) is 8.55. The van der Waals surface area contributed by atoms with Gasteiger partial charge in [-0.05, 0) is 29.9 Å². The summed E-state index contributed by atoms with van der Waals surface area (Å²) in [5, 5.41) is 7.88. The van der Waals surface area contributed by atoms with E-state index in [2.05, 4.69) is 66.5 Å². The molecule has 1 atom stereocenters. The van der Waals surface area contributed by atoms with Gasteiger partial charge in [-0.15, -0.1) is 24.0 Å². The Morgan fingerprint density at radius 1 is 1.24 bits per heavy atom. The molecule has 0 radical (unpaired) electrons. The van der Waals surface area contributed by atoms with E-state index in [4.69, 9.17) is 4.74 Å². The number of nitrogens with zero attached hydrogens (tertiary/aromatic N) is 1. The number of benzene rings is 1. The summed E-state index contributed by atoms with van der Waals surface area (Å²) in [6, 6.07) is 10.4. The third-order valence-electron chi connectivity index (χ3n) is 4.04. The van der Waals surface area contributed by atoms with E-state index in [0.717, 1.165) is 30.3 Å². The largest absolute Gasteiger partial charge is 0.379 e. The number of halogens is 1. The van der Waals surface area contributed by atoms with Crippen LogP contribution in [-0.2, 0) is 11.3 Å². The first kappa shape index (κ1) is 21.8. The maximum atomic E-state index is 5.59. The number of fused-ring (bicyclic) bond motifs is 1. The summed E-state index contributed by atoms with van der Waals surface area (Å²) in [7, 11) is 1.76. The molecule has 0 amide bonds. The van der Waals surface area contributed by atoms with Crippen molar-refractivity contribution in [2.75, 3.05) is 20.2 Å². The Morgan fingerprint density at radius 2 is 1.96 bits per heavy atom. The molecule has 1 unspecified atom stereocenters. The quantitative estimate of drug-likeness (QED) is 0.350. The van der Waals surface area contributed by atoms with Crippen LogP contribution in [0.3, 0.4) is 0 Å². The Balaban J connectivity index is 0.00000312. The zero-order valence-electron chi connectivity index (χ0n) is 15.8. The highest BCUT2D eigenvalue weighted by Gasteiger charge is 2.24. The molecule has 0 fully saturated rings. The highest BCUT2D eigenvalue weighted by Crippen LogP contribution is 2.21. The van der Waals surface area contributed by atoms with E-state index < -0.39 is 0 Å². The number of methoxy groups -OCH3 is 1. The van der Waals surface area contributed by atoms with E-state index in [9.17, 15) is 0 Å². The van der Waals surface area contributed by atoms with Crippen molar-refractivity contribution in [3.8, 4) is 0 Å². The molecule has 1 aromatic carbocycles. The number of rotatable bonds is 6. The van der Waals surface area contributed by atoms with E-state index in [1.54, 1.807) is 7.11 Å². The fourth-order valence-corrected chi connectivity index (χ4v) is 2.66. The Kier molecular flexibility index (Phi) is 8.71. The minimum absolute atomic E-state index is 0.